The molecule has 3 nitrogen and oxygen atoms in total. The van der Waals surface area contributed by atoms with Crippen LogP contribution in [0, 0.1) is 0 Å². The van der Waals surface area contributed by atoms with Crippen molar-refractivity contribution in [1.82, 2.24) is 0 Å². The number of carboxylic acids is 1. The summed E-state index contributed by atoms with van der Waals surface area (Å²) in [5.41, 5.74) is 0. The van der Waals surface area contributed by atoms with E-state index in [4.69, 9.17) is 10.2 Å². The lowest BCUT2D eigenvalue weighted by Gasteiger charge is -1.99. The highest BCUT2D eigenvalue weighted by molar-refractivity contribution is 7.84. The molecule has 0 aliphatic carbocycles. The first-order valence-electron chi connectivity index (χ1n) is 10.3. The Morgan fingerprint density at radius 1 is 0.885 bits per heavy atom. The third-order valence-corrected chi connectivity index (χ3v) is 5.15. The molecule has 156 valence electrons. The van der Waals surface area contributed by atoms with Crippen LogP contribution in [-0.4, -0.2) is 33.8 Å². The van der Waals surface area contributed by atoms with E-state index in [1.165, 1.54) is 70.6 Å². The van der Waals surface area contributed by atoms with Crippen LogP contribution in [0.2, 0.25) is 0 Å². The lowest BCUT2D eigenvalue weighted by atomic mass is 10.1. The van der Waals surface area contributed by atoms with Gasteiger partial charge in [-0.3, -0.25) is 4.79 Å². The molecular formula is C21H42O3S2. The Labute approximate surface area is 172 Å². The van der Waals surface area contributed by atoms with E-state index >= 15 is 0 Å². The Morgan fingerprint density at radius 3 is 1.73 bits per heavy atom. The molecule has 0 saturated heterocycles. The van der Waals surface area contributed by atoms with Gasteiger partial charge in [-0.2, -0.15) is 25.3 Å². The summed E-state index contributed by atoms with van der Waals surface area (Å²) in [6.45, 7) is 2.38. The minimum absolute atomic E-state index is 0.0494. The van der Waals surface area contributed by atoms with Gasteiger partial charge in [0.1, 0.15) is 0 Å². The molecule has 0 radical (unpaired) electrons. The number of carbonyl (C=O) groups is 1. The molecule has 0 aliphatic rings. The fourth-order valence-electron chi connectivity index (χ4n) is 2.40. The van der Waals surface area contributed by atoms with Crippen molar-refractivity contribution < 1.29 is 15.0 Å². The Bertz CT molecular complexity index is 306. The summed E-state index contributed by atoms with van der Waals surface area (Å²) < 4.78 is 0. The van der Waals surface area contributed by atoms with Crippen LogP contribution < -0.4 is 0 Å². The van der Waals surface area contributed by atoms with Crippen LogP contribution in [0.3, 0.4) is 0 Å². The van der Waals surface area contributed by atoms with Gasteiger partial charge in [0.25, 0.3) is 0 Å². The average Bonchev–Trinajstić information content (AvgIpc) is 2.64. The van der Waals surface area contributed by atoms with Gasteiger partial charge >= 0.3 is 5.97 Å². The number of aliphatic carboxylic acids is 1. The molecule has 0 aliphatic heterocycles. The number of hydrogen-bond acceptors (Lipinski definition) is 4. The van der Waals surface area contributed by atoms with E-state index in [1.54, 1.807) is 0 Å². The molecule has 0 spiro atoms. The molecule has 26 heavy (non-hydrogen) atoms. The summed E-state index contributed by atoms with van der Waals surface area (Å²) >= 11 is 7.76. The highest BCUT2D eigenvalue weighted by atomic mass is 32.1. The number of carboxylic acid groups (broad SMARTS) is 1. The fourth-order valence-corrected chi connectivity index (χ4v) is 2.52. The standard InChI is InChI=1S/C18H34O2.C3H8OS2/c1-2-3-4-5-6-7-8-9-10-11-12-13-14-15-16-17-18(19)20;4-1-3(6)2-5/h9-10H,2-8,11-17H2,1H3,(H,19,20);3-6H,1-2H2. The molecule has 0 fully saturated rings. The average molecular weight is 407 g/mol. The third kappa shape index (κ3) is 28.7. The maximum absolute atomic E-state index is 10.3. The Morgan fingerprint density at radius 2 is 1.35 bits per heavy atom. The quantitative estimate of drug-likeness (QED) is 0.130. The molecule has 0 heterocycles. The van der Waals surface area contributed by atoms with E-state index in [0.29, 0.717) is 12.2 Å². The molecule has 1 unspecified atom stereocenters. The number of unbranched alkanes of at least 4 members (excludes halogenated alkanes) is 11. The number of rotatable bonds is 17. The van der Waals surface area contributed by atoms with E-state index in [2.05, 4.69) is 44.3 Å². The van der Waals surface area contributed by atoms with E-state index in [-0.39, 0.29) is 11.9 Å². The molecule has 0 rings (SSSR count). The summed E-state index contributed by atoms with van der Waals surface area (Å²) in [4.78, 5) is 10.3. The zero-order valence-electron chi connectivity index (χ0n) is 16.7. The first-order valence-corrected chi connectivity index (χ1v) is 11.5. The van der Waals surface area contributed by atoms with Gasteiger partial charge < -0.3 is 10.2 Å². The van der Waals surface area contributed by atoms with Crippen molar-refractivity contribution in [2.45, 2.75) is 102 Å². The first-order chi connectivity index (χ1) is 12.6. The van der Waals surface area contributed by atoms with Crippen molar-refractivity contribution in [1.29, 1.82) is 0 Å². The predicted molar refractivity (Wildman–Crippen MR) is 121 cm³/mol. The zero-order chi connectivity index (χ0) is 19.9. The molecule has 2 N–H and O–H groups in total. The molecule has 0 amide bonds. The van der Waals surface area contributed by atoms with Gasteiger partial charge in [0.2, 0.25) is 0 Å². The van der Waals surface area contributed by atoms with Crippen LogP contribution in [0.25, 0.3) is 0 Å². The number of allylic oxidation sites excluding steroid dienone is 2. The second-order valence-electron chi connectivity index (χ2n) is 6.75. The van der Waals surface area contributed by atoms with E-state index < -0.39 is 5.97 Å². The smallest absolute Gasteiger partial charge is 0.303 e. The van der Waals surface area contributed by atoms with Gasteiger partial charge in [-0.05, 0) is 32.1 Å². The largest absolute Gasteiger partial charge is 0.481 e. The van der Waals surface area contributed by atoms with Crippen LogP contribution in [0.4, 0.5) is 0 Å². The highest BCUT2D eigenvalue weighted by Crippen LogP contribution is 2.09. The highest BCUT2D eigenvalue weighted by Gasteiger charge is 1.96. The summed E-state index contributed by atoms with van der Waals surface area (Å²) in [6.07, 6.45) is 21.2. The molecule has 1 atom stereocenters. The SMILES string of the molecule is CCCCCCCCC=CCCCCCCCC(=O)O.OCC(S)CS. The van der Waals surface area contributed by atoms with Crippen LogP contribution >= 0.6 is 25.3 Å². The Hall–Kier alpha value is -0.130. The molecule has 0 aromatic heterocycles. The minimum Gasteiger partial charge on any atom is -0.481 e. The van der Waals surface area contributed by atoms with Crippen molar-refractivity contribution in [3.8, 4) is 0 Å². The van der Waals surface area contributed by atoms with Crippen molar-refractivity contribution >= 4 is 31.2 Å². The molecular weight excluding hydrogens is 364 g/mol. The van der Waals surface area contributed by atoms with Crippen LogP contribution in [0.15, 0.2) is 12.2 Å². The summed E-state index contributed by atoms with van der Waals surface area (Å²) in [5, 5.41) is 16.8. The molecule has 0 aromatic carbocycles. The first kappa shape index (κ1) is 28.1. The van der Waals surface area contributed by atoms with Gasteiger partial charge in [0.15, 0.2) is 0 Å². The minimum atomic E-state index is -0.664. The summed E-state index contributed by atoms with van der Waals surface area (Å²) in [6, 6.07) is 0. The van der Waals surface area contributed by atoms with Crippen LogP contribution in [0.5, 0.6) is 0 Å². The number of aliphatic hydroxyl groups is 1. The van der Waals surface area contributed by atoms with Crippen LogP contribution in [-0.2, 0) is 4.79 Å². The van der Waals surface area contributed by atoms with E-state index in [9.17, 15) is 4.79 Å². The monoisotopic (exact) mass is 406 g/mol. The number of hydrogen-bond donors (Lipinski definition) is 4. The summed E-state index contributed by atoms with van der Waals surface area (Å²) in [5.74, 6) is -0.0257. The zero-order valence-corrected chi connectivity index (χ0v) is 18.5. The predicted octanol–water partition coefficient (Wildman–Crippen LogP) is 6.32. The van der Waals surface area contributed by atoms with Gasteiger partial charge in [-0.25, -0.2) is 0 Å². The van der Waals surface area contributed by atoms with Crippen molar-refractivity contribution in [3.63, 3.8) is 0 Å². The second-order valence-corrected chi connectivity index (χ2v) is 7.84. The molecule has 0 bridgehead atoms. The Kier molecular flexibility index (Phi) is 26.9. The number of thiol groups is 2. The van der Waals surface area contributed by atoms with E-state index in [1.807, 2.05) is 0 Å². The van der Waals surface area contributed by atoms with Crippen LogP contribution in [0.1, 0.15) is 96.8 Å². The van der Waals surface area contributed by atoms with Crippen molar-refractivity contribution in [2.75, 3.05) is 12.4 Å². The van der Waals surface area contributed by atoms with Crippen molar-refractivity contribution in [2.24, 2.45) is 0 Å². The normalized spacial score (nSPS) is 12.0. The number of aliphatic hydroxyl groups excluding tert-OH is 1. The maximum Gasteiger partial charge on any atom is 0.303 e. The van der Waals surface area contributed by atoms with E-state index in [0.717, 1.165) is 12.8 Å². The fraction of sp³-hybridized carbons (Fsp3) is 0.857. The van der Waals surface area contributed by atoms with Gasteiger partial charge in [-0.1, -0.05) is 70.4 Å². The molecule has 0 saturated carbocycles. The molecule has 0 aromatic rings. The maximum atomic E-state index is 10.3. The van der Waals surface area contributed by atoms with Crippen molar-refractivity contribution in [3.05, 3.63) is 12.2 Å². The topological polar surface area (TPSA) is 57.5 Å². The molecule has 5 heteroatoms. The van der Waals surface area contributed by atoms with Gasteiger partial charge in [-0.15, -0.1) is 0 Å². The Balaban J connectivity index is 0. The summed E-state index contributed by atoms with van der Waals surface area (Å²) in [7, 11) is 0. The van der Waals surface area contributed by atoms with Gasteiger partial charge in [0, 0.05) is 17.4 Å². The second kappa shape index (κ2) is 24.9. The van der Waals surface area contributed by atoms with Gasteiger partial charge in [0.05, 0.1) is 6.61 Å². The lowest BCUT2D eigenvalue weighted by molar-refractivity contribution is -0.137. The lowest BCUT2D eigenvalue weighted by Crippen LogP contribution is -2.04. The third-order valence-electron chi connectivity index (χ3n) is 4.07.